The maximum absolute atomic E-state index is 14.0. The second-order valence-electron chi connectivity index (χ2n) is 8.94. The van der Waals surface area contributed by atoms with E-state index in [0.717, 1.165) is 16.7 Å². The van der Waals surface area contributed by atoms with E-state index in [4.69, 9.17) is 18.9 Å². The van der Waals surface area contributed by atoms with Crippen molar-refractivity contribution in [3.63, 3.8) is 0 Å². The van der Waals surface area contributed by atoms with E-state index in [1.54, 1.807) is 33.3 Å². The summed E-state index contributed by atoms with van der Waals surface area (Å²) in [5.74, 6) is -0.218. The summed E-state index contributed by atoms with van der Waals surface area (Å²) in [6, 6.07) is 21.6. The van der Waals surface area contributed by atoms with E-state index in [-0.39, 0.29) is 12.4 Å². The lowest BCUT2D eigenvalue weighted by atomic mass is 9.77. The van der Waals surface area contributed by atoms with Crippen molar-refractivity contribution < 1.29 is 28.5 Å². The molecule has 0 bridgehead atoms. The standard InChI is InChI=1S/C31H33NO6/c1-5-38-31(34)29-26(21-14-10-7-11-15-21)27(23(33)17-16-20-12-8-6-9-13-20)28(32-29)22-18-24(35-2)30(37-4)25(19-22)36-3/h6-19,26-29,32H,5H2,1-4H3/b17-16+/t26-,27-,28-,29-/m0/s1. The highest BCUT2D eigenvalue weighted by molar-refractivity contribution is 5.98. The molecular formula is C31H33NO6. The molecule has 7 heteroatoms. The summed E-state index contributed by atoms with van der Waals surface area (Å²) in [5.41, 5.74) is 2.52. The van der Waals surface area contributed by atoms with E-state index < -0.39 is 29.9 Å². The SMILES string of the molecule is CCOC(=O)[C@H]1N[C@@H](c2cc(OC)c(OC)c(OC)c2)[C@@H](C(=O)/C=C/c2ccccc2)[C@@H]1c1ccccc1. The number of carbonyl (C=O) groups excluding carboxylic acids is 2. The highest BCUT2D eigenvalue weighted by atomic mass is 16.5. The van der Waals surface area contributed by atoms with Crippen LogP contribution < -0.4 is 19.5 Å². The molecule has 0 amide bonds. The van der Waals surface area contributed by atoms with Gasteiger partial charge in [-0.2, -0.15) is 0 Å². The minimum absolute atomic E-state index is 0.110. The lowest BCUT2D eigenvalue weighted by Gasteiger charge is -2.24. The second kappa shape index (κ2) is 12.4. The molecule has 4 rings (SSSR count). The average molecular weight is 516 g/mol. The molecule has 1 heterocycles. The second-order valence-corrected chi connectivity index (χ2v) is 8.94. The Kier molecular flexibility index (Phi) is 8.81. The molecule has 0 saturated carbocycles. The zero-order valence-corrected chi connectivity index (χ0v) is 22.0. The first-order valence-electron chi connectivity index (χ1n) is 12.6. The zero-order chi connectivity index (χ0) is 27.1. The third kappa shape index (κ3) is 5.58. The zero-order valence-electron chi connectivity index (χ0n) is 22.0. The summed E-state index contributed by atoms with van der Waals surface area (Å²) < 4.78 is 22.1. The van der Waals surface area contributed by atoms with Gasteiger partial charge in [0.2, 0.25) is 5.75 Å². The van der Waals surface area contributed by atoms with Crippen LogP contribution in [-0.2, 0) is 14.3 Å². The molecule has 0 aliphatic carbocycles. The van der Waals surface area contributed by atoms with Crippen LogP contribution in [0.15, 0.2) is 78.9 Å². The van der Waals surface area contributed by atoms with Crippen molar-refractivity contribution in [2.24, 2.45) is 5.92 Å². The van der Waals surface area contributed by atoms with E-state index >= 15 is 0 Å². The molecule has 38 heavy (non-hydrogen) atoms. The molecule has 3 aromatic rings. The number of benzene rings is 3. The van der Waals surface area contributed by atoms with Crippen LogP contribution in [0.5, 0.6) is 17.2 Å². The van der Waals surface area contributed by atoms with Gasteiger partial charge in [0.25, 0.3) is 0 Å². The third-order valence-corrected chi connectivity index (χ3v) is 6.80. The van der Waals surface area contributed by atoms with Gasteiger partial charge in [0.15, 0.2) is 17.3 Å². The first kappa shape index (κ1) is 26.9. The molecule has 1 aliphatic rings. The van der Waals surface area contributed by atoms with Crippen LogP contribution in [0.4, 0.5) is 0 Å². The fraction of sp³-hybridized carbons (Fsp3) is 0.290. The van der Waals surface area contributed by atoms with Gasteiger partial charge in [-0.05, 0) is 41.8 Å². The first-order chi connectivity index (χ1) is 18.5. The normalized spacial score (nSPS) is 20.7. The minimum atomic E-state index is -0.736. The summed E-state index contributed by atoms with van der Waals surface area (Å²) >= 11 is 0. The highest BCUT2D eigenvalue weighted by Gasteiger charge is 2.50. The van der Waals surface area contributed by atoms with Crippen molar-refractivity contribution in [3.05, 3.63) is 95.6 Å². The number of nitrogens with one attached hydrogen (secondary N) is 1. The minimum Gasteiger partial charge on any atom is -0.493 e. The van der Waals surface area contributed by atoms with Crippen LogP contribution in [-0.4, -0.2) is 45.7 Å². The van der Waals surface area contributed by atoms with Crippen LogP contribution in [0.1, 0.15) is 35.6 Å². The predicted octanol–water partition coefficient (Wildman–Crippen LogP) is 4.97. The predicted molar refractivity (Wildman–Crippen MR) is 146 cm³/mol. The first-order valence-corrected chi connectivity index (χ1v) is 12.6. The number of allylic oxidation sites excluding steroid dienone is 1. The van der Waals surface area contributed by atoms with Crippen LogP contribution >= 0.6 is 0 Å². The Labute approximate surface area is 223 Å². The van der Waals surface area contributed by atoms with E-state index in [0.29, 0.717) is 17.2 Å². The van der Waals surface area contributed by atoms with Crippen molar-refractivity contribution >= 4 is 17.8 Å². The molecule has 0 unspecified atom stereocenters. The van der Waals surface area contributed by atoms with Gasteiger partial charge in [-0.25, -0.2) is 0 Å². The molecule has 1 saturated heterocycles. The molecule has 1 N–H and O–H groups in total. The highest BCUT2D eigenvalue weighted by Crippen LogP contribution is 2.48. The van der Waals surface area contributed by atoms with Gasteiger partial charge in [-0.1, -0.05) is 66.7 Å². The molecule has 7 nitrogen and oxygen atoms in total. The number of ketones is 1. The van der Waals surface area contributed by atoms with Gasteiger partial charge in [-0.15, -0.1) is 0 Å². The van der Waals surface area contributed by atoms with Crippen molar-refractivity contribution in [1.29, 1.82) is 0 Å². The molecular weight excluding hydrogens is 482 g/mol. The summed E-state index contributed by atoms with van der Waals surface area (Å²) in [6.45, 7) is 2.01. The molecule has 198 valence electrons. The average Bonchev–Trinajstić information content (AvgIpc) is 3.37. The largest absolute Gasteiger partial charge is 0.493 e. The van der Waals surface area contributed by atoms with Crippen LogP contribution in [0, 0.1) is 5.92 Å². The van der Waals surface area contributed by atoms with Gasteiger partial charge in [0, 0.05) is 12.0 Å². The molecule has 4 atom stereocenters. The van der Waals surface area contributed by atoms with Gasteiger partial charge in [0.05, 0.1) is 33.9 Å². The number of carbonyl (C=O) groups is 2. The summed E-state index contributed by atoms with van der Waals surface area (Å²) in [5, 5.41) is 3.43. The summed E-state index contributed by atoms with van der Waals surface area (Å²) in [6.07, 6.45) is 3.39. The number of hydrogen-bond donors (Lipinski definition) is 1. The van der Waals surface area contributed by atoms with Gasteiger partial charge < -0.3 is 18.9 Å². The van der Waals surface area contributed by atoms with Gasteiger partial charge >= 0.3 is 5.97 Å². The maximum Gasteiger partial charge on any atom is 0.323 e. The Hall–Kier alpha value is -4.10. The van der Waals surface area contributed by atoms with E-state index in [9.17, 15) is 9.59 Å². The Morgan fingerprint density at radius 3 is 2.00 bits per heavy atom. The van der Waals surface area contributed by atoms with E-state index in [2.05, 4.69) is 5.32 Å². The summed E-state index contributed by atoms with van der Waals surface area (Å²) in [4.78, 5) is 27.2. The third-order valence-electron chi connectivity index (χ3n) is 6.80. The molecule has 0 aromatic heterocycles. The molecule has 1 aliphatic heterocycles. The number of hydrogen-bond acceptors (Lipinski definition) is 7. The van der Waals surface area contributed by atoms with E-state index in [1.165, 1.54) is 7.11 Å². The van der Waals surface area contributed by atoms with Crippen molar-refractivity contribution in [3.8, 4) is 17.2 Å². The fourth-order valence-corrected chi connectivity index (χ4v) is 5.12. The number of esters is 1. The monoisotopic (exact) mass is 515 g/mol. The number of rotatable bonds is 10. The topological polar surface area (TPSA) is 83.1 Å². The Morgan fingerprint density at radius 2 is 1.45 bits per heavy atom. The van der Waals surface area contributed by atoms with E-state index in [1.807, 2.05) is 72.8 Å². The quantitative estimate of drug-likeness (QED) is 0.302. The number of methoxy groups -OCH3 is 3. The Bertz CT molecular complexity index is 1250. The molecule has 3 aromatic carbocycles. The molecule has 0 spiro atoms. The van der Waals surface area contributed by atoms with Gasteiger partial charge in [0.1, 0.15) is 6.04 Å². The smallest absolute Gasteiger partial charge is 0.323 e. The van der Waals surface area contributed by atoms with Crippen LogP contribution in [0.25, 0.3) is 6.08 Å². The molecule has 0 radical (unpaired) electrons. The fourth-order valence-electron chi connectivity index (χ4n) is 5.12. The Balaban J connectivity index is 1.85. The lowest BCUT2D eigenvalue weighted by molar-refractivity contribution is -0.145. The lowest BCUT2D eigenvalue weighted by Crippen LogP contribution is -2.37. The Morgan fingerprint density at radius 1 is 0.842 bits per heavy atom. The van der Waals surface area contributed by atoms with Crippen LogP contribution in [0.3, 0.4) is 0 Å². The van der Waals surface area contributed by atoms with Crippen LogP contribution in [0.2, 0.25) is 0 Å². The number of ether oxygens (including phenoxy) is 4. The van der Waals surface area contributed by atoms with Crippen molar-refractivity contribution in [1.82, 2.24) is 5.32 Å². The molecule has 1 fully saturated rings. The maximum atomic E-state index is 14.0. The van der Waals surface area contributed by atoms with Crippen molar-refractivity contribution in [2.75, 3.05) is 27.9 Å². The van der Waals surface area contributed by atoms with Crippen molar-refractivity contribution in [2.45, 2.75) is 24.9 Å². The van der Waals surface area contributed by atoms with Gasteiger partial charge in [-0.3, -0.25) is 14.9 Å². The summed E-state index contributed by atoms with van der Waals surface area (Å²) in [7, 11) is 4.63.